The van der Waals surface area contributed by atoms with Crippen LogP contribution >= 0.6 is 0 Å². The van der Waals surface area contributed by atoms with Crippen LogP contribution in [-0.4, -0.2) is 30.6 Å². The van der Waals surface area contributed by atoms with Gasteiger partial charge in [0.2, 0.25) is 0 Å². The number of nitrogens with one attached hydrogen (secondary N) is 1. The van der Waals surface area contributed by atoms with Gasteiger partial charge in [-0.15, -0.1) is 10.2 Å². The summed E-state index contributed by atoms with van der Waals surface area (Å²) in [6.07, 6.45) is 3.31. The Morgan fingerprint density at radius 2 is 1.93 bits per heavy atom. The topological polar surface area (TPSA) is 85.6 Å². The molecule has 3 aromatic heterocycles. The maximum atomic E-state index is 12.8. The normalized spacial score (nSPS) is 11.1. The molecule has 0 unspecified atom stereocenters. The molecule has 0 atom stereocenters. The van der Waals surface area contributed by atoms with Gasteiger partial charge < -0.3 is 9.88 Å². The summed E-state index contributed by atoms with van der Waals surface area (Å²) in [4.78, 5) is 21.6. The van der Waals surface area contributed by atoms with Gasteiger partial charge in [-0.2, -0.15) is 0 Å². The van der Waals surface area contributed by atoms with Crippen LogP contribution in [0.25, 0.3) is 22.4 Å². The molecule has 0 aliphatic rings. The molecule has 4 aromatic rings. The van der Waals surface area contributed by atoms with Crippen molar-refractivity contribution in [3.63, 3.8) is 0 Å². The van der Waals surface area contributed by atoms with E-state index in [1.165, 1.54) is 0 Å². The Kier molecular flexibility index (Phi) is 4.33. The Balaban J connectivity index is 1.65. The maximum Gasteiger partial charge on any atom is 0.257 e. The Hall–Kier alpha value is -3.61. The van der Waals surface area contributed by atoms with Crippen molar-refractivity contribution in [3.05, 3.63) is 66.6 Å². The van der Waals surface area contributed by atoms with Gasteiger partial charge in [-0.1, -0.05) is 24.3 Å². The largest absolute Gasteiger partial charge is 0.310 e. The standard InChI is InChI=1S/C20H18N6O/c1-13(2)26-12-22-25-19(26)17-8-5-9-18(23-17)24-20(27)15-10-11-21-16-7-4-3-6-14(15)16/h3-13H,1-2H3,(H,23,24,27). The minimum Gasteiger partial charge on any atom is -0.310 e. The van der Waals surface area contributed by atoms with Crippen LogP contribution in [0.5, 0.6) is 0 Å². The SMILES string of the molecule is CC(C)n1cnnc1-c1cccc(NC(=O)c2ccnc3ccccc23)n1. The molecule has 3 heterocycles. The first-order chi connectivity index (χ1) is 13.1. The number of rotatable bonds is 4. The molecule has 1 amide bonds. The first kappa shape index (κ1) is 16.8. The average molecular weight is 358 g/mol. The minimum absolute atomic E-state index is 0.207. The van der Waals surface area contributed by atoms with Crippen LogP contribution in [0.15, 0.2) is 61.1 Å². The molecule has 7 nitrogen and oxygen atoms in total. The third kappa shape index (κ3) is 3.27. The lowest BCUT2D eigenvalue weighted by molar-refractivity contribution is 0.102. The van der Waals surface area contributed by atoms with E-state index in [0.717, 1.165) is 10.9 Å². The van der Waals surface area contributed by atoms with Crippen LogP contribution in [0, 0.1) is 0 Å². The van der Waals surface area contributed by atoms with Gasteiger partial charge in [-0.3, -0.25) is 9.78 Å². The number of hydrogen-bond acceptors (Lipinski definition) is 5. The minimum atomic E-state index is -0.233. The van der Waals surface area contributed by atoms with Gasteiger partial charge in [0.15, 0.2) is 5.82 Å². The van der Waals surface area contributed by atoms with Gasteiger partial charge in [0.25, 0.3) is 5.91 Å². The summed E-state index contributed by atoms with van der Waals surface area (Å²) in [6.45, 7) is 4.10. The molecule has 0 radical (unpaired) electrons. The van der Waals surface area contributed by atoms with Gasteiger partial charge in [-0.05, 0) is 38.1 Å². The number of carbonyl (C=O) groups is 1. The highest BCUT2D eigenvalue weighted by Gasteiger charge is 2.14. The monoisotopic (exact) mass is 358 g/mol. The summed E-state index contributed by atoms with van der Waals surface area (Å²) in [6, 6.07) is 14.9. The van der Waals surface area contributed by atoms with Crippen molar-refractivity contribution in [1.82, 2.24) is 24.7 Å². The second-order valence-electron chi connectivity index (χ2n) is 6.39. The highest BCUT2D eigenvalue weighted by molar-refractivity contribution is 6.11. The van der Waals surface area contributed by atoms with Crippen molar-refractivity contribution in [2.75, 3.05) is 5.32 Å². The number of nitrogens with zero attached hydrogens (tertiary/aromatic N) is 5. The van der Waals surface area contributed by atoms with E-state index in [1.54, 1.807) is 24.7 Å². The Labute approximate surface area is 156 Å². The lowest BCUT2D eigenvalue weighted by Gasteiger charge is -2.11. The van der Waals surface area contributed by atoms with Crippen molar-refractivity contribution < 1.29 is 4.79 Å². The van der Waals surface area contributed by atoms with E-state index in [2.05, 4.69) is 25.5 Å². The van der Waals surface area contributed by atoms with Gasteiger partial charge in [0.1, 0.15) is 17.8 Å². The fourth-order valence-electron chi connectivity index (χ4n) is 2.91. The third-order valence-corrected chi connectivity index (χ3v) is 4.24. The number of pyridine rings is 2. The Bertz CT molecular complexity index is 1110. The van der Waals surface area contributed by atoms with Gasteiger partial charge in [-0.25, -0.2) is 4.98 Å². The summed E-state index contributed by atoms with van der Waals surface area (Å²) >= 11 is 0. The van der Waals surface area contributed by atoms with E-state index in [4.69, 9.17) is 0 Å². The van der Waals surface area contributed by atoms with Gasteiger partial charge >= 0.3 is 0 Å². The second-order valence-corrected chi connectivity index (χ2v) is 6.39. The second kappa shape index (κ2) is 6.95. The highest BCUT2D eigenvalue weighted by Crippen LogP contribution is 2.21. The zero-order valence-electron chi connectivity index (χ0n) is 15.0. The Morgan fingerprint density at radius 3 is 2.78 bits per heavy atom. The molecule has 0 aliphatic heterocycles. The van der Waals surface area contributed by atoms with Gasteiger partial charge in [0, 0.05) is 17.6 Å². The zero-order chi connectivity index (χ0) is 18.8. The van der Waals surface area contributed by atoms with E-state index in [1.807, 2.05) is 54.8 Å². The first-order valence-electron chi connectivity index (χ1n) is 8.65. The molecule has 0 saturated carbocycles. The van der Waals surface area contributed by atoms with Crippen molar-refractivity contribution in [2.24, 2.45) is 0 Å². The fourth-order valence-corrected chi connectivity index (χ4v) is 2.91. The first-order valence-corrected chi connectivity index (χ1v) is 8.65. The van der Waals surface area contributed by atoms with E-state index in [9.17, 15) is 4.79 Å². The fraction of sp³-hybridized carbons (Fsp3) is 0.150. The molecule has 0 aliphatic carbocycles. The lowest BCUT2D eigenvalue weighted by atomic mass is 10.1. The predicted molar refractivity (Wildman–Crippen MR) is 103 cm³/mol. The van der Waals surface area contributed by atoms with Crippen molar-refractivity contribution in [2.45, 2.75) is 19.9 Å². The molecule has 0 fully saturated rings. The van der Waals surface area contributed by atoms with E-state index in [0.29, 0.717) is 22.9 Å². The molecule has 1 aromatic carbocycles. The average Bonchev–Trinajstić information content (AvgIpc) is 3.18. The van der Waals surface area contributed by atoms with E-state index in [-0.39, 0.29) is 11.9 Å². The number of hydrogen-bond donors (Lipinski definition) is 1. The molecule has 0 spiro atoms. The summed E-state index contributed by atoms with van der Waals surface area (Å²) in [5.41, 5.74) is 1.98. The number of aromatic nitrogens is 5. The molecule has 27 heavy (non-hydrogen) atoms. The number of fused-ring (bicyclic) bond motifs is 1. The lowest BCUT2D eigenvalue weighted by Crippen LogP contribution is -2.14. The van der Waals surface area contributed by atoms with Crippen molar-refractivity contribution in [3.8, 4) is 11.5 Å². The smallest absolute Gasteiger partial charge is 0.257 e. The molecule has 0 bridgehead atoms. The number of benzene rings is 1. The summed E-state index contributed by atoms with van der Waals surface area (Å²) in [5.74, 6) is 0.885. The molecule has 7 heteroatoms. The molecule has 0 saturated heterocycles. The number of amides is 1. The zero-order valence-corrected chi connectivity index (χ0v) is 15.0. The summed E-state index contributed by atoms with van der Waals surface area (Å²) in [7, 11) is 0. The summed E-state index contributed by atoms with van der Waals surface area (Å²) in [5, 5.41) is 11.8. The number of para-hydroxylation sites is 1. The number of carbonyl (C=O) groups excluding carboxylic acids is 1. The van der Waals surface area contributed by atoms with Crippen molar-refractivity contribution >= 4 is 22.6 Å². The molecular formula is C20H18N6O. The summed E-state index contributed by atoms with van der Waals surface area (Å²) < 4.78 is 1.93. The van der Waals surface area contributed by atoms with Crippen LogP contribution in [0.2, 0.25) is 0 Å². The quantitative estimate of drug-likeness (QED) is 0.601. The molecular weight excluding hydrogens is 340 g/mol. The van der Waals surface area contributed by atoms with Crippen LogP contribution in [-0.2, 0) is 0 Å². The molecule has 134 valence electrons. The third-order valence-electron chi connectivity index (χ3n) is 4.24. The van der Waals surface area contributed by atoms with Crippen LogP contribution in [0.4, 0.5) is 5.82 Å². The van der Waals surface area contributed by atoms with Crippen molar-refractivity contribution in [1.29, 1.82) is 0 Å². The van der Waals surface area contributed by atoms with Crippen LogP contribution in [0.1, 0.15) is 30.2 Å². The predicted octanol–water partition coefficient (Wildman–Crippen LogP) is 3.72. The maximum absolute atomic E-state index is 12.8. The highest BCUT2D eigenvalue weighted by atomic mass is 16.1. The Morgan fingerprint density at radius 1 is 1.07 bits per heavy atom. The van der Waals surface area contributed by atoms with Gasteiger partial charge in [0.05, 0.1) is 11.1 Å². The van der Waals surface area contributed by atoms with E-state index < -0.39 is 0 Å². The number of anilines is 1. The molecule has 4 rings (SSSR count). The van der Waals surface area contributed by atoms with Crippen LogP contribution in [0.3, 0.4) is 0 Å². The molecule has 1 N–H and O–H groups in total. The van der Waals surface area contributed by atoms with Crippen LogP contribution < -0.4 is 5.32 Å². The van der Waals surface area contributed by atoms with E-state index >= 15 is 0 Å².